The second-order valence-electron chi connectivity index (χ2n) is 7.29. The van der Waals surface area contributed by atoms with E-state index in [1.807, 2.05) is 24.0 Å². The maximum Gasteiger partial charge on any atom is 0.251 e. The Morgan fingerprint density at radius 3 is 2.69 bits per heavy atom. The van der Waals surface area contributed by atoms with Gasteiger partial charge < -0.3 is 9.88 Å². The fraction of sp³-hybridized carbons (Fsp3) is 0.450. The number of benzene rings is 1. The molecule has 26 heavy (non-hydrogen) atoms. The summed E-state index contributed by atoms with van der Waals surface area (Å²) in [5.41, 5.74) is 3.07. The van der Waals surface area contributed by atoms with Gasteiger partial charge in [0, 0.05) is 43.7 Å². The average Bonchev–Trinajstić information content (AvgIpc) is 3.24. The quantitative estimate of drug-likeness (QED) is 0.916. The first kappa shape index (κ1) is 17.0. The molecular formula is C20H24N4O2. The van der Waals surface area contributed by atoms with E-state index in [1.54, 1.807) is 6.07 Å². The SMILES string of the molecule is Cc1nc(C2CCN(Cc3ccc(N4CCCC4=O)cc3)C2)cc(=O)[nH]1. The number of aromatic amines is 1. The van der Waals surface area contributed by atoms with Crippen molar-refractivity contribution >= 4 is 11.6 Å². The molecule has 4 rings (SSSR count). The first-order chi connectivity index (χ1) is 12.6. The van der Waals surface area contributed by atoms with Gasteiger partial charge in [-0.25, -0.2) is 4.98 Å². The molecule has 6 nitrogen and oxygen atoms in total. The van der Waals surface area contributed by atoms with Crippen molar-refractivity contribution in [2.75, 3.05) is 24.5 Å². The van der Waals surface area contributed by atoms with E-state index in [-0.39, 0.29) is 11.5 Å². The van der Waals surface area contributed by atoms with Crippen LogP contribution in [0.4, 0.5) is 5.69 Å². The molecule has 0 saturated carbocycles. The lowest BCUT2D eigenvalue weighted by atomic mass is 10.0. The van der Waals surface area contributed by atoms with Crippen molar-refractivity contribution in [2.24, 2.45) is 0 Å². The summed E-state index contributed by atoms with van der Waals surface area (Å²) in [6.45, 7) is 5.46. The van der Waals surface area contributed by atoms with Crippen molar-refractivity contribution in [3.63, 3.8) is 0 Å². The Labute approximate surface area is 152 Å². The molecule has 2 fully saturated rings. The van der Waals surface area contributed by atoms with E-state index in [9.17, 15) is 9.59 Å². The van der Waals surface area contributed by atoms with Gasteiger partial charge >= 0.3 is 0 Å². The topological polar surface area (TPSA) is 69.3 Å². The second kappa shape index (κ2) is 7.03. The Kier molecular flexibility index (Phi) is 4.59. The third-order valence-electron chi connectivity index (χ3n) is 5.30. The third-order valence-corrected chi connectivity index (χ3v) is 5.30. The summed E-state index contributed by atoms with van der Waals surface area (Å²) in [6, 6.07) is 9.96. The summed E-state index contributed by atoms with van der Waals surface area (Å²) in [5, 5.41) is 0. The number of rotatable bonds is 4. The number of anilines is 1. The van der Waals surface area contributed by atoms with Crippen molar-refractivity contribution in [3.05, 3.63) is 57.8 Å². The van der Waals surface area contributed by atoms with Gasteiger partial charge in [-0.05, 0) is 44.0 Å². The maximum atomic E-state index is 11.8. The molecule has 2 saturated heterocycles. The molecule has 0 aliphatic carbocycles. The van der Waals surface area contributed by atoms with Crippen molar-refractivity contribution in [1.82, 2.24) is 14.9 Å². The Hall–Kier alpha value is -2.47. The number of nitrogens with one attached hydrogen (secondary N) is 1. The van der Waals surface area contributed by atoms with Crippen molar-refractivity contribution < 1.29 is 4.79 Å². The van der Waals surface area contributed by atoms with Gasteiger partial charge in [0.05, 0.1) is 5.69 Å². The van der Waals surface area contributed by atoms with Crippen LogP contribution in [0.3, 0.4) is 0 Å². The van der Waals surface area contributed by atoms with Crippen LogP contribution in [0.1, 0.15) is 42.3 Å². The number of carbonyl (C=O) groups excluding carboxylic acids is 1. The van der Waals surface area contributed by atoms with E-state index >= 15 is 0 Å². The zero-order valence-corrected chi connectivity index (χ0v) is 15.1. The highest BCUT2D eigenvalue weighted by Gasteiger charge is 2.26. The van der Waals surface area contributed by atoms with Crippen molar-refractivity contribution in [3.8, 4) is 0 Å². The molecule has 1 aromatic carbocycles. The van der Waals surface area contributed by atoms with Crippen LogP contribution < -0.4 is 10.5 Å². The monoisotopic (exact) mass is 352 g/mol. The molecule has 1 unspecified atom stereocenters. The molecule has 2 aliphatic rings. The van der Waals surface area contributed by atoms with Gasteiger partial charge in [0.2, 0.25) is 5.91 Å². The van der Waals surface area contributed by atoms with Crippen LogP contribution in [0.2, 0.25) is 0 Å². The second-order valence-corrected chi connectivity index (χ2v) is 7.29. The first-order valence-corrected chi connectivity index (χ1v) is 9.28. The lowest BCUT2D eigenvalue weighted by molar-refractivity contribution is -0.117. The van der Waals surface area contributed by atoms with Gasteiger partial charge in [0.25, 0.3) is 5.56 Å². The minimum atomic E-state index is -0.0713. The number of aryl methyl sites for hydroxylation is 1. The standard InChI is InChI=1S/C20H24N4O2/c1-14-21-18(11-19(25)22-14)16-8-10-23(13-16)12-15-4-6-17(7-5-15)24-9-2-3-20(24)26/h4-7,11,16H,2-3,8-10,12-13H2,1H3,(H,21,22,25). The minimum Gasteiger partial charge on any atom is -0.312 e. The average molecular weight is 352 g/mol. The lowest BCUT2D eigenvalue weighted by Crippen LogP contribution is -2.24. The van der Waals surface area contributed by atoms with E-state index in [4.69, 9.17) is 0 Å². The van der Waals surface area contributed by atoms with Gasteiger partial charge in [-0.1, -0.05) is 12.1 Å². The number of nitrogens with zero attached hydrogens (tertiary/aromatic N) is 3. The molecule has 1 amide bonds. The van der Waals surface area contributed by atoms with E-state index < -0.39 is 0 Å². The normalized spacial score (nSPS) is 20.9. The van der Waals surface area contributed by atoms with Gasteiger partial charge in [-0.15, -0.1) is 0 Å². The minimum absolute atomic E-state index is 0.0713. The molecule has 0 radical (unpaired) electrons. The smallest absolute Gasteiger partial charge is 0.251 e. The van der Waals surface area contributed by atoms with Crippen LogP contribution in [0.5, 0.6) is 0 Å². The van der Waals surface area contributed by atoms with Crippen LogP contribution in [-0.2, 0) is 11.3 Å². The largest absolute Gasteiger partial charge is 0.312 e. The highest BCUT2D eigenvalue weighted by molar-refractivity contribution is 5.95. The molecule has 1 N–H and O–H groups in total. The van der Waals surface area contributed by atoms with Crippen LogP contribution in [0.15, 0.2) is 35.1 Å². The number of H-pyrrole nitrogens is 1. The Morgan fingerprint density at radius 1 is 1.19 bits per heavy atom. The van der Waals surface area contributed by atoms with Gasteiger partial charge in [0.1, 0.15) is 5.82 Å². The van der Waals surface area contributed by atoms with E-state index in [0.29, 0.717) is 18.2 Å². The van der Waals surface area contributed by atoms with Crippen LogP contribution in [0.25, 0.3) is 0 Å². The summed E-state index contributed by atoms with van der Waals surface area (Å²) in [5.74, 6) is 1.22. The Bertz CT molecular complexity index is 859. The predicted octanol–water partition coefficient (Wildman–Crippen LogP) is 2.19. The maximum absolute atomic E-state index is 11.8. The third kappa shape index (κ3) is 3.55. The molecule has 1 aromatic heterocycles. The zero-order valence-electron chi connectivity index (χ0n) is 15.1. The van der Waals surface area contributed by atoms with Gasteiger partial charge in [-0.3, -0.25) is 14.5 Å². The number of carbonyl (C=O) groups is 1. The summed E-state index contributed by atoms with van der Waals surface area (Å²) < 4.78 is 0. The molecular weight excluding hydrogens is 328 g/mol. The van der Waals surface area contributed by atoms with Gasteiger partial charge in [-0.2, -0.15) is 0 Å². The Morgan fingerprint density at radius 2 is 2.00 bits per heavy atom. The van der Waals surface area contributed by atoms with E-state index in [0.717, 1.165) is 50.4 Å². The highest BCUT2D eigenvalue weighted by atomic mass is 16.2. The summed E-state index contributed by atoms with van der Waals surface area (Å²) >= 11 is 0. The molecule has 1 atom stereocenters. The van der Waals surface area contributed by atoms with Crippen LogP contribution in [-0.4, -0.2) is 40.4 Å². The summed E-state index contributed by atoms with van der Waals surface area (Å²) in [7, 11) is 0. The fourth-order valence-corrected chi connectivity index (χ4v) is 3.99. The van der Waals surface area contributed by atoms with E-state index in [2.05, 4.69) is 27.0 Å². The zero-order chi connectivity index (χ0) is 18.1. The van der Waals surface area contributed by atoms with Crippen LogP contribution in [0, 0.1) is 6.92 Å². The number of amides is 1. The van der Waals surface area contributed by atoms with Crippen molar-refractivity contribution in [1.29, 1.82) is 0 Å². The molecule has 0 spiro atoms. The number of hydrogen-bond acceptors (Lipinski definition) is 4. The molecule has 3 heterocycles. The molecule has 6 heteroatoms. The molecule has 2 aliphatic heterocycles. The number of aromatic nitrogens is 2. The van der Waals surface area contributed by atoms with E-state index in [1.165, 1.54) is 5.56 Å². The number of likely N-dealkylation sites (tertiary alicyclic amines) is 1. The first-order valence-electron chi connectivity index (χ1n) is 9.28. The lowest BCUT2D eigenvalue weighted by Gasteiger charge is -2.18. The van der Waals surface area contributed by atoms with Gasteiger partial charge in [0.15, 0.2) is 0 Å². The summed E-state index contributed by atoms with van der Waals surface area (Å²) in [6.07, 6.45) is 2.63. The Balaban J connectivity index is 1.39. The molecule has 136 valence electrons. The summed E-state index contributed by atoms with van der Waals surface area (Å²) in [4.78, 5) is 35.0. The fourth-order valence-electron chi connectivity index (χ4n) is 3.99. The van der Waals surface area contributed by atoms with Crippen molar-refractivity contribution in [2.45, 2.75) is 38.6 Å². The van der Waals surface area contributed by atoms with Crippen LogP contribution >= 0.6 is 0 Å². The predicted molar refractivity (Wildman–Crippen MR) is 100 cm³/mol. The number of hydrogen-bond donors (Lipinski definition) is 1. The highest BCUT2D eigenvalue weighted by Crippen LogP contribution is 2.27. The molecule has 0 bridgehead atoms. The molecule has 2 aromatic rings.